The Morgan fingerprint density at radius 1 is 0.900 bits per heavy atom. The summed E-state index contributed by atoms with van der Waals surface area (Å²) in [6.45, 7) is 0. The second-order valence-electron chi connectivity index (χ2n) is 4.69. The summed E-state index contributed by atoms with van der Waals surface area (Å²) in [6.07, 6.45) is 5.37. The molecule has 0 aromatic heterocycles. The minimum absolute atomic E-state index is 0.909. The first-order chi connectivity index (χ1) is 9.83. The molecule has 2 heteroatoms. The van der Waals surface area contributed by atoms with Crippen LogP contribution in [0.5, 0.6) is 11.5 Å². The smallest absolute Gasteiger partial charge is 0.122 e. The van der Waals surface area contributed by atoms with E-state index < -0.39 is 0 Å². The van der Waals surface area contributed by atoms with Crippen molar-refractivity contribution in [1.82, 2.24) is 0 Å². The van der Waals surface area contributed by atoms with Crippen molar-refractivity contribution in [3.63, 3.8) is 0 Å². The van der Waals surface area contributed by atoms with Crippen LogP contribution in [0.4, 0.5) is 0 Å². The van der Waals surface area contributed by atoms with Crippen LogP contribution in [-0.4, -0.2) is 14.2 Å². The number of unbranched alkanes of at least 4 members (excludes halogenated alkanes) is 1. The summed E-state index contributed by atoms with van der Waals surface area (Å²) < 4.78 is 10.5. The molecule has 0 spiro atoms. The zero-order valence-corrected chi connectivity index (χ0v) is 12.1. The van der Waals surface area contributed by atoms with Gasteiger partial charge in [0.05, 0.1) is 14.2 Å². The standard InChI is InChI=1S/C18H21O2/c1-19-17-13-11-15(12-14-17)7-3-4-8-16-9-5-6-10-18(16)20-2/h4-6,9-14H,3,7-8H2,1-2H3. The molecule has 105 valence electrons. The molecule has 0 saturated heterocycles. The van der Waals surface area contributed by atoms with E-state index in [2.05, 4.69) is 30.7 Å². The number of aryl methyl sites for hydroxylation is 1. The maximum atomic E-state index is 5.35. The highest BCUT2D eigenvalue weighted by molar-refractivity contribution is 5.34. The molecule has 20 heavy (non-hydrogen) atoms. The molecule has 2 aromatic rings. The van der Waals surface area contributed by atoms with Crippen LogP contribution in [0.15, 0.2) is 48.5 Å². The fourth-order valence-electron chi connectivity index (χ4n) is 2.19. The highest BCUT2D eigenvalue weighted by Crippen LogP contribution is 2.20. The largest absolute Gasteiger partial charge is 0.497 e. The third kappa shape index (κ3) is 4.02. The van der Waals surface area contributed by atoms with E-state index in [4.69, 9.17) is 9.47 Å². The van der Waals surface area contributed by atoms with Crippen molar-refractivity contribution in [2.45, 2.75) is 19.3 Å². The van der Waals surface area contributed by atoms with Gasteiger partial charge in [-0.25, -0.2) is 0 Å². The molecule has 0 amide bonds. The predicted molar refractivity (Wildman–Crippen MR) is 82.3 cm³/mol. The molecule has 0 aliphatic heterocycles. The molecule has 2 rings (SSSR count). The Hall–Kier alpha value is -1.96. The molecule has 0 aliphatic rings. The van der Waals surface area contributed by atoms with E-state index in [1.807, 2.05) is 24.3 Å². The summed E-state index contributed by atoms with van der Waals surface area (Å²) >= 11 is 0. The van der Waals surface area contributed by atoms with Crippen molar-refractivity contribution in [3.8, 4) is 11.5 Å². The summed E-state index contributed by atoms with van der Waals surface area (Å²) in [7, 11) is 3.41. The van der Waals surface area contributed by atoms with Crippen LogP contribution in [0.2, 0.25) is 0 Å². The summed E-state index contributed by atoms with van der Waals surface area (Å²) in [4.78, 5) is 0. The normalized spacial score (nSPS) is 10.3. The Kier molecular flexibility index (Phi) is 5.48. The molecule has 1 radical (unpaired) electrons. The fourth-order valence-corrected chi connectivity index (χ4v) is 2.19. The molecule has 0 unspecified atom stereocenters. The maximum Gasteiger partial charge on any atom is 0.122 e. The van der Waals surface area contributed by atoms with Crippen LogP contribution < -0.4 is 9.47 Å². The first kappa shape index (κ1) is 14.4. The average Bonchev–Trinajstić information content (AvgIpc) is 2.52. The minimum atomic E-state index is 0.909. The van der Waals surface area contributed by atoms with Crippen molar-refractivity contribution in [1.29, 1.82) is 0 Å². The van der Waals surface area contributed by atoms with E-state index in [9.17, 15) is 0 Å². The molecule has 0 bridgehead atoms. The zero-order chi connectivity index (χ0) is 14.2. The van der Waals surface area contributed by atoms with Gasteiger partial charge in [-0.2, -0.15) is 0 Å². The number of para-hydroxylation sites is 1. The predicted octanol–water partition coefficient (Wildman–Crippen LogP) is 4.08. The lowest BCUT2D eigenvalue weighted by molar-refractivity contribution is 0.410. The third-order valence-electron chi connectivity index (χ3n) is 3.35. The second-order valence-corrected chi connectivity index (χ2v) is 4.69. The van der Waals surface area contributed by atoms with Gasteiger partial charge >= 0.3 is 0 Å². The number of benzene rings is 2. The number of methoxy groups -OCH3 is 2. The Balaban J connectivity index is 1.78. The van der Waals surface area contributed by atoms with Crippen LogP contribution >= 0.6 is 0 Å². The Bertz CT molecular complexity index is 517. The van der Waals surface area contributed by atoms with Crippen LogP contribution in [0.25, 0.3) is 0 Å². The monoisotopic (exact) mass is 269 g/mol. The van der Waals surface area contributed by atoms with Crippen LogP contribution in [0, 0.1) is 6.42 Å². The van der Waals surface area contributed by atoms with Gasteiger partial charge in [0.15, 0.2) is 0 Å². The van der Waals surface area contributed by atoms with Gasteiger partial charge in [-0.05, 0) is 55.0 Å². The molecule has 0 N–H and O–H groups in total. The van der Waals surface area contributed by atoms with Gasteiger partial charge in [-0.15, -0.1) is 0 Å². The van der Waals surface area contributed by atoms with Crippen LogP contribution in [0.1, 0.15) is 17.5 Å². The zero-order valence-electron chi connectivity index (χ0n) is 12.1. The first-order valence-electron chi connectivity index (χ1n) is 6.90. The first-order valence-corrected chi connectivity index (χ1v) is 6.90. The van der Waals surface area contributed by atoms with Crippen molar-refractivity contribution in [2.75, 3.05) is 14.2 Å². The molecule has 2 nitrogen and oxygen atoms in total. The van der Waals surface area contributed by atoms with Gasteiger partial charge in [-0.3, -0.25) is 0 Å². The molecule has 0 aliphatic carbocycles. The van der Waals surface area contributed by atoms with Gasteiger partial charge in [0.2, 0.25) is 0 Å². The van der Waals surface area contributed by atoms with Crippen molar-refractivity contribution in [2.24, 2.45) is 0 Å². The van der Waals surface area contributed by atoms with Gasteiger partial charge in [0, 0.05) is 0 Å². The fraction of sp³-hybridized carbons (Fsp3) is 0.278. The third-order valence-corrected chi connectivity index (χ3v) is 3.35. The Morgan fingerprint density at radius 3 is 2.35 bits per heavy atom. The lowest BCUT2D eigenvalue weighted by atomic mass is 10.0. The molecule has 0 heterocycles. The van der Waals surface area contributed by atoms with Crippen molar-refractivity contribution < 1.29 is 9.47 Å². The average molecular weight is 269 g/mol. The molecule has 0 saturated carbocycles. The molecular formula is C18H21O2. The summed E-state index contributed by atoms with van der Waals surface area (Å²) in [5.74, 6) is 1.87. The number of ether oxygens (including phenoxy) is 2. The summed E-state index contributed by atoms with van der Waals surface area (Å²) in [6, 6.07) is 16.4. The quantitative estimate of drug-likeness (QED) is 0.705. The highest BCUT2D eigenvalue weighted by atomic mass is 16.5. The van der Waals surface area contributed by atoms with E-state index in [1.54, 1.807) is 14.2 Å². The topological polar surface area (TPSA) is 18.5 Å². The lowest BCUT2D eigenvalue weighted by Gasteiger charge is -2.08. The van der Waals surface area contributed by atoms with Gasteiger partial charge in [0.25, 0.3) is 0 Å². The van der Waals surface area contributed by atoms with Gasteiger partial charge in [0.1, 0.15) is 11.5 Å². The summed E-state index contributed by atoms with van der Waals surface area (Å²) in [5, 5.41) is 0. The van der Waals surface area contributed by atoms with E-state index in [1.165, 1.54) is 11.1 Å². The Morgan fingerprint density at radius 2 is 1.65 bits per heavy atom. The molecule has 2 aromatic carbocycles. The van der Waals surface area contributed by atoms with Crippen molar-refractivity contribution >= 4 is 0 Å². The van der Waals surface area contributed by atoms with Crippen molar-refractivity contribution in [3.05, 3.63) is 66.1 Å². The molecular weight excluding hydrogens is 248 g/mol. The SMILES string of the molecule is COc1ccc(CC[CH]Cc2ccccc2OC)cc1. The number of hydrogen-bond donors (Lipinski definition) is 0. The van der Waals surface area contributed by atoms with E-state index in [-0.39, 0.29) is 0 Å². The second kappa shape index (κ2) is 7.59. The number of hydrogen-bond acceptors (Lipinski definition) is 2. The van der Waals surface area contributed by atoms with Gasteiger partial charge in [-0.1, -0.05) is 30.3 Å². The van der Waals surface area contributed by atoms with E-state index in [0.29, 0.717) is 0 Å². The van der Waals surface area contributed by atoms with E-state index in [0.717, 1.165) is 30.8 Å². The van der Waals surface area contributed by atoms with Gasteiger partial charge < -0.3 is 9.47 Å². The molecule has 0 fully saturated rings. The highest BCUT2D eigenvalue weighted by Gasteiger charge is 2.01. The minimum Gasteiger partial charge on any atom is -0.497 e. The Labute approximate surface area is 121 Å². The lowest BCUT2D eigenvalue weighted by Crippen LogP contribution is -1.94. The number of rotatable bonds is 7. The van der Waals surface area contributed by atoms with Crippen LogP contribution in [0.3, 0.4) is 0 Å². The van der Waals surface area contributed by atoms with E-state index >= 15 is 0 Å². The molecule has 0 atom stereocenters. The summed E-state index contributed by atoms with van der Waals surface area (Å²) in [5.41, 5.74) is 2.58. The van der Waals surface area contributed by atoms with Crippen LogP contribution in [-0.2, 0) is 12.8 Å². The maximum absolute atomic E-state index is 5.35.